The molecule has 1 atom stereocenters. The van der Waals surface area contributed by atoms with Crippen molar-refractivity contribution in [3.63, 3.8) is 0 Å². The number of halogens is 2. The number of carbonyl (C=O) groups is 2. The Bertz CT molecular complexity index is 465. The van der Waals surface area contributed by atoms with Crippen LogP contribution in [0, 0.1) is 5.82 Å². The van der Waals surface area contributed by atoms with Crippen LogP contribution in [0.4, 0.5) is 4.39 Å². The van der Waals surface area contributed by atoms with Crippen molar-refractivity contribution in [3.8, 4) is 0 Å². The fraction of sp³-hybridized carbons (Fsp3) is 0.333. The number of benzene rings is 1. The predicted octanol–water partition coefficient (Wildman–Crippen LogP) is 2.46. The summed E-state index contributed by atoms with van der Waals surface area (Å²) in [5, 5.41) is 11.1. The van der Waals surface area contributed by atoms with Gasteiger partial charge in [-0.25, -0.2) is 9.18 Å². The fourth-order valence-electron chi connectivity index (χ4n) is 1.43. The summed E-state index contributed by atoms with van der Waals surface area (Å²) in [6.45, 7) is 1.82. The van der Waals surface area contributed by atoms with Crippen LogP contribution in [-0.4, -0.2) is 23.0 Å². The first-order chi connectivity index (χ1) is 8.45. The molecule has 0 bridgehead atoms. The number of nitrogens with one attached hydrogen (secondary N) is 1. The van der Waals surface area contributed by atoms with Gasteiger partial charge in [-0.15, -0.1) is 0 Å². The Balaban J connectivity index is 2.80. The maximum atomic E-state index is 12.9. The van der Waals surface area contributed by atoms with Gasteiger partial charge in [0.1, 0.15) is 11.9 Å². The van der Waals surface area contributed by atoms with E-state index in [-0.39, 0.29) is 10.6 Å². The molecule has 2 N–H and O–H groups in total. The Kier molecular flexibility index (Phi) is 5.09. The molecule has 1 rings (SSSR count). The van der Waals surface area contributed by atoms with Crippen molar-refractivity contribution >= 4 is 23.5 Å². The average Bonchev–Trinajstić information content (AvgIpc) is 2.31. The first-order valence-corrected chi connectivity index (χ1v) is 5.82. The summed E-state index contributed by atoms with van der Waals surface area (Å²) in [5.41, 5.74) is 0.128. The lowest BCUT2D eigenvalue weighted by molar-refractivity contribution is -0.139. The van der Waals surface area contributed by atoms with Crippen molar-refractivity contribution in [1.82, 2.24) is 5.32 Å². The van der Waals surface area contributed by atoms with Crippen molar-refractivity contribution in [3.05, 3.63) is 34.6 Å². The third kappa shape index (κ3) is 3.70. The number of amides is 1. The smallest absolute Gasteiger partial charge is 0.326 e. The molecule has 1 aromatic carbocycles. The van der Waals surface area contributed by atoms with Gasteiger partial charge in [-0.05, 0) is 24.6 Å². The largest absolute Gasteiger partial charge is 0.480 e. The summed E-state index contributed by atoms with van der Waals surface area (Å²) in [4.78, 5) is 22.6. The number of hydrogen-bond donors (Lipinski definition) is 2. The topological polar surface area (TPSA) is 66.4 Å². The number of carbonyl (C=O) groups excluding carboxylic acids is 1. The second kappa shape index (κ2) is 6.35. The van der Waals surface area contributed by atoms with E-state index in [1.807, 2.05) is 6.92 Å². The lowest BCUT2D eigenvalue weighted by Crippen LogP contribution is -2.40. The molecule has 98 valence electrons. The third-order valence-electron chi connectivity index (χ3n) is 2.36. The first kappa shape index (κ1) is 14.4. The molecule has 0 saturated heterocycles. The molecule has 0 radical (unpaired) electrons. The third-order valence-corrected chi connectivity index (χ3v) is 2.65. The van der Waals surface area contributed by atoms with Crippen LogP contribution in [0.1, 0.15) is 30.1 Å². The monoisotopic (exact) mass is 273 g/mol. The van der Waals surface area contributed by atoms with Crippen molar-refractivity contribution in [1.29, 1.82) is 0 Å². The van der Waals surface area contributed by atoms with E-state index in [4.69, 9.17) is 16.7 Å². The van der Waals surface area contributed by atoms with E-state index < -0.39 is 23.7 Å². The molecule has 4 nitrogen and oxygen atoms in total. The van der Waals surface area contributed by atoms with Crippen LogP contribution < -0.4 is 5.32 Å². The number of rotatable bonds is 5. The molecule has 0 aliphatic heterocycles. The van der Waals surface area contributed by atoms with Crippen LogP contribution in [0.15, 0.2) is 18.2 Å². The molecule has 0 fully saturated rings. The van der Waals surface area contributed by atoms with Crippen molar-refractivity contribution in [2.75, 3.05) is 0 Å². The number of aliphatic carboxylic acids is 1. The van der Waals surface area contributed by atoms with Gasteiger partial charge in [-0.1, -0.05) is 24.9 Å². The van der Waals surface area contributed by atoms with E-state index in [0.29, 0.717) is 12.8 Å². The summed E-state index contributed by atoms with van der Waals surface area (Å²) in [5.74, 6) is -2.31. The van der Waals surface area contributed by atoms with E-state index >= 15 is 0 Å². The summed E-state index contributed by atoms with van der Waals surface area (Å²) in [7, 11) is 0. The van der Waals surface area contributed by atoms with E-state index in [1.54, 1.807) is 0 Å². The van der Waals surface area contributed by atoms with Crippen molar-refractivity contribution in [2.45, 2.75) is 25.8 Å². The summed E-state index contributed by atoms with van der Waals surface area (Å²) < 4.78 is 12.9. The lowest BCUT2D eigenvalue weighted by Gasteiger charge is -2.13. The zero-order chi connectivity index (χ0) is 13.7. The van der Waals surface area contributed by atoms with Crippen LogP contribution in [-0.2, 0) is 4.79 Å². The van der Waals surface area contributed by atoms with Crippen LogP contribution in [0.3, 0.4) is 0 Å². The van der Waals surface area contributed by atoms with E-state index in [2.05, 4.69) is 5.32 Å². The second-order valence-corrected chi connectivity index (χ2v) is 4.19. The maximum Gasteiger partial charge on any atom is 0.326 e. The molecule has 0 saturated carbocycles. The zero-order valence-corrected chi connectivity index (χ0v) is 10.5. The highest BCUT2D eigenvalue weighted by Gasteiger charge is 2.19. The van der Waals surface area contributed by atoms with Crippen LogP contribution in [0.2, 0.25) is 5.02 Å². The van der Waals surface area contributed by atoms with Crippen LogP contribution in [0.5, 0.6) is 0 Å². The van der Waals surface area contributed by atoms with Gasteiger partial charge in [0.2, 0.25) is 0 Å². The van der Waals surface area contributed by atoms with E-state index in [0.717, 1.165) is 12.1 Å². The van der Waals surface area contributed by atoms with E-state index in [9.17, 15) is 14.0 Å². The number of hydrogen-bond acceptors (Lipinski definition) is 2. The molecule has 0 aliphatic carbocycles. The Labute approximate surface area is 109 Å². The van der Waals surface area contributed by atoms with Gasteiger partial charge in [0.05, 0.1) is 5.02 Å². The van der Waals surface area contributed by atoms with Crippen LogP contribution >= 0.6 is 11.6 Å². The average molecular weight is 274 g/mol. The number of carboxylic acids is 1. The van der Waals surface area contributed by atoms with Gasteiger partial charge < -0.3 is 10.4 Å². The maximum absolute atomic E-state index is 12.9. The molecular weight excluding hydrogens is 261 g/mol. The minimum Gasteiger partial charge on any atom is -0.480 e. The van der Waals surface area contributed by atoms with Gasteiger partial charge in [0.15, 0.2) is 0 Å². The van der Waals surface area contributed by atoms with Gasteiger partial charge in [0.25, 0.3) is 5.91 Å². The molecule has 1 amide bonds. The minimum absolute atomic E-state index is 0.128. The second-order valence-electron chi connectivity index (χ2n) is 3.78. The summed E-state index contributed by atoms with van der Waals surface area (Å²) in [6, 6.07) is 2.53. The van der Waals surface area contributed by atoms with Crippen molar-refractivity contribution in [2.24, 2.45) is 0 Å². The highest BCUT2D eigenvalue weighted by atomic mass is 35.5. The standard InChI is InChI=1S/C12H13ClFNO3/c1-2-3-10(12(17)18)15-11(16)7-4-5-9(14)8(13)6-7/h4-6,10H,2-3H2,1H3,(H,15,16)(H,17,18)/t10-/m1/s1. The highest BCUT2D eigenvalue weighted by Crippen LogP contribution is 2.16. The molecular formula is C12H13ClFNO3. The Hall–Kier alpha value is -1.62. The molecule has 6 heteroatoms. The summed E-state index contributed by atoms with van der Waals surface area (Å²) >= 11 is 5.55. The van der Waals surface area contributed by atoms with Crippen molar-refractivity contribution < 1.29 is 19.1 Å². The molecule has 0 spiro atoms. The zero-order valence-electron chi connectivity index (χ0n) is 9.74. The van der Waals surface area contributed by atoms with Gasteiger partial charge in [0, 0.05) is 5.56 Å². The Morgan fingerprint density at radius 1 is 1.50 bits per heavy atom. The van der Waals surface area contributed by atoms with Gasteiger partial charge in [-0.3, -0.25) is 4.79 Å². The van der Waals surface area contributed by atoms with Gasteiger partial charge >= 0.3 is 5.97 Å². The Morgan fingerprint density at radius 2 is 2.17 bits per heavy atom. The van der Waals surface area contributed by atoms with Crippen LogP contribution in [0.25, 0.3) is 0 Å². The van der Waals surface area contributed by atoms with Gasteiger partial charge in [-0.2, -0.15) is 0 Å². The Morgan fingerprint density at radius 3 is 2.67 bits per heavy atom. The molecule has 0 heterocycles. The minimum atomic E-state index is -1.10. The number of carboxylic acid groups (broad SMARTS) is 1. The molecule has 0 unspecified atom stereocenters. The molecule has 0 aliphatic rings. The van der Waals surface area contributed by atoms with E-state index in [1.165, 1.54) is 6.07 Å². The normalized spacial score (nSPS) is 11.9. The molecule has 1 aromatic rings. The molecule has 0 aromatic heterocycles. The predicted molar refractivity (Wildman–Crippen MR) is 65.2 cm³/mol. The fourth-order valence-corrected chi connectivity index (χ4v) is 1.61. The molecule has 18 heavy (non-hydrogen) atoms. The SMILES string of the molecule is CCC[C@@H](NC(=O)c1ccc(F)c(Cl)c1)C(=O)O. The quantitative estimate of drug-likeness (QED) is 0.866. The highest BCUT2D eigenvalue weighted by molar-refractivity contribution is 6.31. The summed E-state index contributed by atoms with van der Waals surface area (Å²) in [6.07, 6.45) is 0.956. The first-order valence-electron chi connectivity index (χ1n) is 5.44. The lowest BCUT2D eigenvalue weighted by atomic mass is 10.1.